The van der Waals surface area contributed by atoms with Crippen molar-refractivity contribution in [3.8, 4) is 0 Å². The number of hydrogen-bond donors (Lipinski definition) is 1. The van der Waals surface area contributed by atoms with E-state index in [0.29, 0.717) is 15.7 Å². The van der Waals surface area contributed by atoms with Gasteiger partial charge in [-0.15, -0.1) is 0 Å². The van der Waals surface area contributed by atoms with E-state index >= 15 is 0 Å². The normalized spacial score (nSPS) is 11.2. The van der Waals surface area contributed by atoms with E-state index in [9.17, 15) is 4.79 Å². The fourth-order valence-electron chi connectivity index (χ4n) is 2.08. The molecule has 0 spiro atoms. The molecular formula is C17H19Cl2NO2Sn. The summed E-state index contributed by atoms with van der Waals surface area (Å²) in [7, 11) is 0. The standard InChI is InChI=1S/C14H11Cl2NO2.3CH3.Sn/c15-10-5-3-6-11(16)14(10)17-12-7-2-1-4-9(12)8-13(18)19;;;;/h1-7,17H,8H2,(H,18,19);3*1H3;/q;;;;+1/p-1. The molecule has 0 amide bonds. The van der Waals surface area contributed by atoms with Gasteiger partial charge in [0.05, 0.1) is 0 Å². The summed E-state index contributed by atoms with van der Waals surface area (Å²) in [6, 6.07) is 12.9. The summed E-state index contributed by atoms with van der Waals surface area (Å²) in [5, 5.41) is 4.28. The predicted octanol–water partition coefficient (Wildman–Crippen LogP) is 5.66. The van der Waals surface area contributed by atoms with Gasteiger partial charge >= 0.3 is 152 Å². The molecule has 0 saturated heterocycles. The van der Waals surface area contributed by atoms with Crippen molar-refractivity contribution in [3.63, 3.8) is 0 Å². The summed E-state index contributed by atoms with van der Waals surface area (Å²) < 4.78 is 5.59. The summed E-state index contributed by atoms with van der Waals surface area (Å²) in [4.78, 5) is 18.3. The number of benzene rings is 2. The van der Waals surface area contributed by atoms with Crippen LogP contribution in [0.2, 0.25) is 24.9 Å². The summed E-state index contributed by atoms with van der Waals surface area (Å²) >= 11 is 9.78. The first kappa shape index (κ1) is 18.4. The molecule has 0 aliphatic carbocycles. The van der Waals surface area contributed by atoms with Gasteiger partial charge < -0.3 is 0 Å². The zero-order valence-corrected chi connectivity index (χ0v) is 17.7. The Morgan fingerprint density at radius 3 is 2.26 bits per heavy atom. The van der Waals surface area contributed by atoms with Crippen molar-refractivity contribution < 1.29 is 7.87 Å². The van der Waals surface area contributed by atoms with Gasteiger partial charge in [-0.1, -0.05) is 0 Å². The van der Waals surface area contributed by atoms with Crippen LogP contribution in [-0.4, -0.2) is 24.8 Å². The van der Waals surface area contributed by atoms with E-state index < -0.39 is 18.8 Å². The zero-order valence-electron chi connectivity index (χ0n) is 13.3. The molecular weight excluding hydrogens is 440 g/mol. The Balaban J connectivity index is 2.23. The second-order valence-corrected chi connectivity index (χ2v) is 19.6. The minimum atomic E-state index is -2.61. The number of carbonyl (C=O) groups excluding carboxylic acids is 1. The molecule has 0 fully saturated rings. The Morgan fingerprint density at radius 1 is 1.04 bits per heavy atom. The monoisotopic (exact) mass is 459 g/mol. The van der Waals surface area contributed by atoms with E-state index in [1.54, 1.807) is 18.2 Å². The zero-order chi connectivity index (χ0) is 17.0. The number of hydrogen-bond acceptors (Lipinski definition) is 3. The Morgan fingerprint density at radius 2 is 1.65 bits per heavy atom. The van der Waals surface area contributed by atoms with Crippen LogP contribution in [0.1, 0.15) is 5.56 Å². The quantitative estimate of drug-likeness (QED) is 0.588. The van der Waals surface area contributed by atoms with E-state index in [1.807, 2.05) is 24.3 Å². The van der Waals surface area contributed by atoms with Crippen LogP contribution in [0.4, 0.5) is 11.4 Å². The van der Waals surface area contributed by atoms with Crippen molar-refractivity contribution in [2.45, 2.75) is 21.2 Å². The molecule has 1 N–H and O–H groups in total. The molecule has 0 atom stereocenters. The Hall–Kier alpha value is -0.911. The second-order valence-electron chi connectivity index (χ2n) is 6.14. The van der Waals surface area contributed by atoms with Gasteiger partial charge in [-0.2, -0.15) is 0 Å². The van der Waals surface area contributed by atoms with Crippen LogP contribution < -0.4 is 5.32 Å². The van der Waals surface area contributed by atoms with Crippen molar-refractivity contribution in [3.05, 3.63) is 58.1 Å². The molecule has 2 rings (SSSR count). The number of rotatable bonds is 5. The fraction of sp³-hybridized carbons (Fsp3) is 0.235. The molecule has 0 radical (unpaired) electrons. The molecule has 2 aromatic carbocycles. The van der Waals surface area contributed by atoms with Gasteiger partial charge in [-0.25, -0.2) is 0 Å². The number of halogens is 2. The van der Waals surface area contributed by atoms with E-state index in [1.165, 1.54) is 0 Å². The fourth-order valence-corrected chi connectivity index (χ4v) is 4.73. The molecule has 0 aromatic heterocycles. The molecule has 6 heteroatoms. The molecule has 0 unspecified atom stereocenters. The Bertz CT molecular complexity index is 694. The molecule has 0 bridgehead atoms. The van der Waals surface area contributed by atoms with Crippen molar-refractivity contribution in [1.82, 2.24) is 0 Å². The first-order valence-corrected chi connectivity index (χ1v) is 17.8. The van der Waals surface area contributed by atoms with Gasteiger partial charge in [0.25, 0.3) is 0 Å². The number of anilines is 2. The maximum absolute atomic E-state index is 12.1. The van der Waals surface area contributed by atoms with E-state index in [0.717, 1.165) is 11.3 Å². The summed E-state index contributed by atoms with van der Waals surface area (Å²) in [6.45, 7) is 0. The first-order valence-electron chi connectivity index (χ1n) is 7.27. The third-order valence-electron chi connectivity index (χ3n) is 2.99. The maximum atomic E-state index is 12.1. The van der Waals surface area contributed by atoms with E-state index in [2.05, 4.69) is 20.1 Å². The van der Waals surface area contributed by atoms with E-state index in [4.69, 9.17) is 26.3 Å². The molecule has 0 aliphatic rings. The number of carbonyl (C=O) groups is 1. The molecule has 122 valence electrons. The molecule has 3 nitrogen and oxygen atoms in total. The minimum absolute atomic E-state index is 0.187. The van der Waals surface area contributed by atoms with Crippen LogP contribution >= 0.6 is 23.2 Å². The third kappa shape index (κ3) is 5.59. The first-order chi connectivity index (χ1) is 10.8. The van der Waals surface area contributed by atoms with Gasteiger partial charge in [-0.05, 0) is 0 Å². The average Bonchev–Trinajstić information content (AvgIpc) is 2.42. The molecule has 23 heavy (non-hydrogen) atoms. The van der Waals surface area contributed by atoms with Gasteiger partial charge in [0.1, 0.15) is 0 Å². The number of para-hydroxylation sites is 2. The summed E-state index contributed by atoms with van der Waals surface area (Å²) in [5.41, 5.74) is 2.28. The Kier molecular flexibility index (Phi) is 6.23. The van der Waals surface area contributed by atoms with Crippen molar-refractivity contribution in [2.75, 3.05) is 5.32 Å². The van der Waals surface area contributed by atoms with Gasteiger partial charge in [-0.3, -0.25) is 0 Å². The van der Waals surface area contributed by atoms with Crippen LogP contribution in [0.3, 0.4) is 0 Å². The van der Waals surface area contributed by atoms with Gasteiger partial charge in [0, 0.05) is 0 Å². The van der Waals surface area contributed by atoms with Crippen LogP contribution in [-0.2, 0) is 14.3 Å². The average molecular weight is 459 g/mol. The van der Waals surface area contributed by atoms with Crippen LogP contribution in [0.15, 0.2) is 42.5 Å². The van der Waals surface area contributed by atoms with E-state index in [-0.39, 0.29) is 12.4 Å². The van der Waals surface area contributed by atoms with Crippen LogP contribution in [0, 0.1) is 0 Å². The van der Waals surface area contributed by atoms with Crippen molar-refractivity contribution in [1.29, 1.82) is 0 Å². The summed E-state index contributed by atoms with van der Waals surface area (Å²) in [5.74, 6) is -0.187. The Labute approximate surface area is 151 Å². The third-order valence-corrected chi connectivity index (χ3v) is 6.02. The predicted molar refractivity (Wildman–Crippen MR) is 99.3 cm³/mol. The molecule has 0 heterocycles. The van der Waals surface area contributed by atoms with Gasteiger partial charge in [0.15, 0.2) is 0 Å². The van der Waals surface area contributed by atoms with Crippen LogP contribution in [0.5, 0.6) is 0 Å². The number of nitrogens with one attached hydrogen (secondary N) is 1. The van der Waals surface area contributed by atoms with Crippen molar-refractivity contribution >= 4 is 59.3 Å². The van der Waals surface area contributed by atoms with Crippen LogP contribution in [0.25, 0.3) is 0 Å². The van der Waals surface area contributed by atoms with Gasteiger partial charge in [0.2, 0.25) is 0 Å². The molecule has 0 aliphatic heterocycles. The molecule has 2 aromatic rings. The van der Waals surface area contributed by atoms with Crippen molar-refractivity contribution in [2.24, 2.45) is 0 Å². The second kappa shape index (κ2) is 7.77. The topological polar surface area (TPSA) is 38.3 Å². The SMILES string of the molecule is [CH3][Sn]([CH3])([CH3])[O]C(=O)Cc1ccccc1Nc1c(Cl)cccc1Cl. The molecule has 0 saturated carbocycles. The summed E-state index contributed by atoms with van der Waals surface area (Å²) in [6.07, 6.45) is 0.222.